The van der Waals surface area contributed by atoms with Gasteiger partial charge in [-0.2, -0.15) is 4.99 Å². The highest BCUT2D eigenvalue weighted by Crippen LogP contribution is 2.26. The summed E-state index contributed by atoms with van der Waals surface area (Å²) in [5.74, 6) is 0.356. The van der Waals surface area contributed by atoms with Crippen LogP contribution in [0.1, 0.15) is 30.6 Å². The van der Waals surface area contributed by atoms with Gasteiger partial charge in [0, 0.05) is 24.0 Å². The molecule has 5 heteroatoms. The minimum atomic E-state index is -0.255. The largest absolute Gasteiger partial charge is 0.385 e. The molecule has 1 unspecified atom stereocenters. The summed E-state index contributed by atoms with van der Waals surface area (Å²) in [4.78, 5) is 21.4. The summed E-state index contributed by atoms with van der Waals surface area (Å²) in [5, 5.41) is 0. The summed E-state index contributed by atoms with van der Waals surface area (Å²) in [6.45, 7) is 4.60. The molecule has 90 valence electrons. The second-order valence-electron chi connectivity index (χ2n) is 4.15. The zero-order chi connectivity index (χ0) is 12.4. The number of carbonyl (C=O) groups excluding carboxylic acids is 1. The average molecular weight is 232 g/mol. The van der Waals surface area contributed by atoms with E-state index in [0.29, 0.717) is 12.4 Å². The van der Waals surface area contributed by atoms with Crippen LogP contribution in [-0.4, -0.2) is 28.3 Å². The number of nitrogens with two attached hydrogens (primary N) is 1. The van der Waals surface area contributed by atoms with Gasteiger partial charge in [-0.25, -0.2) is 4.79 Å². The Kier molecular flexibility index (Phi) is 3.08. The molecule has 0 saturated carbocycles. The summed E-state index contributed by atoms with van der Waals surface area (Å²) in [7, 11) is 0. The predicted octanol–water partition coefficient (Wildman–Crippen LogP) is 1.63. The number of amides is 2. The number of urea groups is 1. The maximum Gasteiger partial charge on any atom is 0.346 e. The van der Waals surface area contributed by atoms with Gasteiger partial charge in [-0.15, -0.1) is 0 Å². The van der Waals surface area contributed by atoms with E-state index in [-0.39, 0.29) is 12.1 Å². The second-order valence-corrected chi connectivity index (χ2v) is 4.15. The molecule has 0 aromatic carbocycles. The maximum atomic E-state index is 11.7. The fourth-order valence-corrected chi connectivity index (χ4v) is 1.96. The maximum absolute atomic E-state index is 11.7. The third-order valence-corrected chi connectivity index (χ3v) is 2.78. The molecule has 2 heterocycles. The van der Waals surface area contributed by atoms with Crippen molar-refractivity contribution in [3.05, 3.63) is 29.6 Å². The van der Waals surface area contributed by atoms with E-state index >= 15 is 0 Å². The Morgan fingerprint density at radius 1 is 1.47 bits per heavy atom. The highest BCUT2D eigenvalue weighted by molar-refractivity contribution is 6.03. The van der Waals surface area contributed by atoms with Gasteiger partial charge >= 0.3 is 6.03 Å². The van der Waals surface area contributed by atoms with Crippen LogP contribution in [0.15, 0.2) is 23.3 Å². The van der Waals surface area contributed by atoms with Gasteiger partial charge in [0.15, 0.2) is 0 Å². The topological polar surface area (TPSA) is 71.6 Å². The Labute approximate surface area is 100 Å². The van der Waals surface area contributed by atoms with Gasteiger partial charge in [-0.05, 0) is 19.4 Å². The lowest BCUT2D eigenvalue weighted by atomic mass is 10.1. The van der Waals surface area contributed by atoms with Gasteiger partial charge in [0.05, 0.1) is 0 Å². The lowest BCUT2D eigenvalue weighted by Crippen LogP contribution is -2.34. The molecule has 0 saturated heterocycles. The van der Waals surface area contributed by atoms with Crippen molar-refractivity contribution >= 4 is 11.9 Å². The standard InChI is InChI=1S/C12H16N4O/c1-3-6-16-10(11(13)15-12(16)17)9-5-4-8(2)14-7-9/h4-5,7,10H,3,6H2,1-2H3,(H2,13,15,17). The van der Waals surface area contributed by atoms with Gasteiger partial charge in [-0.1, -0.05) is 13.0 Å². The number of aryl methyl sites for hydroxylation is 1. The number of aliphatic imine (C=N–C) groups is 1. The Hall–Kier alpha value is -1.91. The van der Waals surface area contributed by atoms with E-state index in [2.05, 4.69) is 9.98 Å². The smallest absolute Gasteiger partial charge is 0.346 e. The van der Waals surface area contributed by atoms with Gasteiger partial charge in [0.2, 0.25) is 0 Å². The van der Waals surface area contributed by atoms with Crippen molar-refractivity contribution in [1.82, 2.24) is 9.88 Å². The quantitative estimate of drug-likeness (QED) is 0.861. The van der Waals surface area contributed by atoms with Gasteiger partial charge in [0.25, 0.3) is 0 Å². The Morgan fingerprint density at radius 3 is 2.82 bits per heavy atom. The van der Waals surface area contributed by atoms with Crippen LogP contribution in [-0.2, 0) is 0 Å². The molecule has 0 aliphatic carbocycles. The molecule has 17 heavy (non-hydrogen) atoms. The number of aromatic nitrogens is 1. The van der Waals surface area contributed by atoms with Crippen LogP contribution in [0.5, 0.6) is 0 Å². The monoisotopic (exact) mass is 232 g/mol. The van der Waals surface area contributed by atoms with Gasteiger partial charge in [-0.3, -0.25) is 4.98 Å². The van der Waals surface area contributed by atoms with Crippen LogP contribution in [0.2, 0.25) is 0 Å². The summed E-state index contributed by atoms with van der Waals surface area (Å²) in [6.07, 6.45) is 2.63. The van der Waals surface area contributed by atoms with Crippen LogP contribution in [0.4, 0.5) is 4.79 Å². The fraction of sp³-hybridized carbons (Fsp3) is 0.417. The van der Waals surface area contributed by atoms with Crippen molar-refractivity contribution in [3.63, 3.8) is 0 Å². The van der Waals surface area contributed by atoms with E-state index in [9.17, 15) is 4.79 Å². The van der Waals surface area contributed by atoms with Crippen molar-refractivity contribution in [1.29, 1.82) is 0 Å². The molecule has 5 nitrogen and oxygen atoms in total. The first kappa shape index (κ1) is 11.6. The zero-order valence-corrected chi connectivity index (χ0v) is 10.1. The molecule has 2 amide bonds. The SMILES string of the molecule is CCCN1C(=O)N=C(N)C1c1ccc(C)nc1. The highest BCUT2D eigenvalue weighted by atomic mass is 16.2. The molecule has 0 spiro atoms. The fourth-order valence-electron chi connectivity index (χ4n) is 1.96. The van der Waals surface area contributed by atoms with E-state index in [0.717, 1.165) is 17.7 Å². The second kappa shape index (κ2) is 4.53. The van der Waals surface area contributed by atoms with Crippen molar-refractivity contribution in [2.75, 3.05) is 6.54 Å². The first-order valence-corrected chi connectivity index (χ1v) is 5.70. The van der Waals surface area contributed by atoms with Crippen LogP contribution in [0, 0.1) is 6.92 Å². The number of rotatable bonds is 3. The number of hydrogen-bond acceptors (Lipinski definition) is 3. The van der Waals surface area contributed by atoms with Crippen LogP contribution < -0.4 is 5.73 Å². The van der Waals surface area contributed by atoms with Crippen molar-refractivity contribution in [2.24, 2.45) is 10.7 Å². The van der Waals surface area contributed by atoms with E-state index in [1.165, 1.54) is 0 Å². The summed E-state index contributed by atoms with van der Waals surface area (Å²) >= 11 is 0. The Bertz CT molecular complexity index is 452. The molecular formula is C12H16N4O. The first-order chi connectivity index (χ1) is 8.13. The van der Waals surface area contributed by atoms with E-state index in [1.807, 2.05) is 26.0 Å². The number of carbonyl (C=O) groups is 1. The predicted molar refractivity (Wildman–Crippen MR) is 65.7 cm³/mol. The highest BCUT2D eigenvalue weighted by Gasteiger charge is 2.33. The molecule has 1 aliphatic rings. The number of amidine groups is 1. The van der Waals surface area contributed by atoms with E-state index in [1.54, 1.807) is 11.1 Å². The third-order valence-electron chi connectivity index (χ3n) is 2.78. The van der Waals surface area contributed by atoms with Crippen LogP contribution >= 0.6 is 0 Å². The molecule has 2 N–H and O–H groups in total. The van der Waals surface area contributed by atoms with Crippen molar-refractivity contribution < 1.29 is 4.79 Å². The Morgan fingerprint density at radius 2 is 2.24 bits per heavy atom. The van der Waals surface area contributed by atoms with E-state index < -0.39 is 0 Å². The normalized spacial score (nSPS) is 19.6. The van der Waals surface area contributed by atoms with Crippen LogP contribution in [0.25, 0.3) is 0 Å². The number of nitrogens with zero attached hydrogens (tertiary/aromatic N) is 3. The molecule has 1 aliphatic heterocycles. The van der Waals surface area contributed by atoms with Crippen molar-refractivity contribution in [2.45, 2.75) is 26.3 Å². The summed E-state index contributed by atoms with van der Waals surface area (Å²) in [6, 6.07) is 3.34. The first-order valence-electron chi connectivity index (χ1n) is 5.70. The molecule has 0 bridgehead atoms. The molecular weight excluding hydrogens is 216 g/mol. The molecule has 0 fully saturated rings. The minimum absolute atomic E-state index is 0.254. The zero-order valence-electron chi connectivity index (χ0n) is 10.1. The molecule has 1 aromatic rings. The van der Waals surface area contributed by atoms with Gasteiger partial charge in [0.1, 0.15) is 11.9 Å². The number of hydrogen-bond donors (Lipinski definition) is 1. The van der Waals surface area contributed by atoms with Crippen molar-refractivity contribution in [3.8, 4) is 0 Å². The van der Waals surface area contributed by atoms with Crippen LogP contribution in [0.3, 0.4) is 0 Å². The molecule has 1 atom stereocenters. The lowest BCUT2D eigenvalue weighted by Gasteiger charge is -2.23. The van der Waals surface area contributed by atoms with Gasteiger partial charge < -0.3 is 10.6 Å². The number of pyridine rings is 1. The summed E-state index contributed by atoms with van der Waals surface area (Å²) < 4.78 is 0. The molecule has 0 radical (unpaired) electrons. The third kappa shape index (κ3) is 2.13. The lowest BCUT2D eigenvalue weighted by molar-refractivity contribution is 0.206. The summed E-state index contributed by atoms with van der Waals surface area (Å²) in [5.41, 5.74) is 7.67. The average Bonchev–Trinajstić information content (AvgIpc) is 2.56. The molecule has 2 rings (SSSR count). The minimum Gasteiger partial charge on any atom is -0.385 e. The van der Waals surface area contributed by atoms with E-state index in [4.69, 9.17) is 5.73 Å². The Balaban J connectivity index is 2.31. The molecule has 1 aromatic heterocycles.